The van der Waals surface area contributed by atoms with Crippen LogP contribution in [0.1, 0.15) is 43.7 Å². The lowest BCUT2D eigenvalue weighted by Crippen LogP contribution is -2.36. The van der Waals surface area contributed by atoms with Crippen LogP contribution >= 0.6 is 0 Å². The third-order valence-electron chi connectivity index (χ3n) is 4.36. The molecular weight excluding hydrogens is 244 g/mol. The summed E-state index contributed by atoms with van der Waals surface area (Å²) in [6, 6.07) is 20.8. The van der Waals surface area contributed by atoms with Gasteiger partial charge in [-0.15, -0.1) is 0 Å². The summed E-state index contributed by atoms with van der Waals surface area (Å²) >= 11 is 0. The molecule has 2 aromatic carbocycles. The Bertz CT molecular complexity index is 500. The molecular formula is C19H24O. The first-order valence-electron chi connectivity index (χ1n) is 7.51. The van der Waals surface area contributed by atoms with Crippen molar-refractivity contribution in [1.29, 1.82) is 0 Å². The molecule has 0 bridgehead atoms. The zero-order valence-electron chi connectivity index (χ0n) is 12.4. The van der Waals surface area contributed by atoms with Crippen molar-refractivity contribution in [2.45, 2.75) is 44.6 Å². The van der Waals surface area contributed by atoms with Crippen molar-refractivity contribution in [3.8, 4) is 0 Å². The van der Waals surface area contributed by atoms with Gasteiger partial charge in [-0.1, -0.05) is 74.5 Å². The Hall–Kier alpha value is -1.60. The van der Waals surface area contributed by atoms with E-state index in [4.69, 9.17) is 0 Å². The van der Waals surface area contributed by atoms with E-state index in [1.165, 1.54) is 11.1 Å². The third kappa shape index (κ3) is 3.29. The highest BCUT2D eigenvalue weighted by Crippen LogP contribution is 2.36. The molecule has 0 aromatic heterocycles. The van der Waals surface area contributed by atoms with Crippen LogP contribution in [-0.2, 0) is 6.42 Å². The van der Waals surface area contributed by atoms with Crippen molar-refractivity contribution in [2.75, 3.05) is 0 Å². The van der Waals surface area contributed by atoms with Crippen molar-refractivity contribution in [3.05, 3.63) is 71.8 Å². The zero-order valence-corrected chi connectivity index (χ0v) is 12.4. The van der Waals surface area contributed by atoms with Crippen LogP contribution in [0.15, 0.2) is 60.7 Å². The van der Waals surface area contributed by atoms with E-state index in [0.29, 0.717) is 0 Å². The summed E-state index contributed by atoms with van der Waals surface area (Å²) in [6.45, 7) is 4.15. The maximum Gasteiger partial charge on any atom is 0.0714 e. The fourth-order valence-electron chi connectivity index (χ4n) is 2.90. The summed E-state index contributed by atoms with van der Waals surface area (Å²) in [7, 11) is 0. The van der Waals surface area contributed by atoms with Crippen molar-refractivity contribution in [1.82, 2.24) is 0 Å². The Kier molecular flexibility index (Phi) is 4.97. The Labute approximate surface area is 122 Å². The van der Waals surface area contributed by atoms with Gasteiger partial charge in [0.1, 0.15) is 0 Å². The van der Waals surface area contributed by atoms with Gasteiger partial charge < -0.3 is 5.11 Å². The fraction of sp³-hybridized carbons (Fsp3) is 0.368. The predicted molar refractivity (Wildman–Crippen MR) is 84.9 cm³/mol. The second-order valence-electron chi connectivity index (χ2n) is 5.46. The molecule has 2 rings (SSSR count). The topological polar surface area (TPSA) is 20.2 Å². The third-order valence-corrected chi connectivity index (χ3v) is 4.36. The standard InChI is InChI=1S/C19H24O/c1-3-19(20,4-2)18(17-13-9-6-10-14-17)15-16-11-7-5-8-12-16/h5-14,18,20H,3-4,15H2,1-2H3. The van der Waals surface area contributed by atoms with E-state index in [9.17, 15) is 5.11 Å². The SMILES string of the molecule is CCC(O)(CC)C(Cc1ccccc1)c1ccccc1. The van der Waals surface area contributed by atoms with Gasteiger partial charge in [0.15, 0.2) is 0 Å². The van der Waals surface area contributed by atoms with Gasteiger partial charge >= 0.3 is 0 Å². The molecule has 1 atom stereocenters. The summed E-state index contributed by atoms with van der Waals surface area (Å²) < 4.78 is 0. The summed E-state index contributed by atoms with van der Waals surface area (Å²) in [6.07, 6.45) is 2.43. The molecule has 0 saturated heterocycles. The quantitative estimate of drug-likeness (QED) is 0.814. The largest absolute Gasteiger partial charge is 0.389 e. The average molecular weight is 268 g/mol. The summed E-state index contributed by atoms with van der Waals surface area (Å²) in [4.78, 5) is 0. The lowest BCUT2D eigenvalue weighted by Gasteiger charge is -2.35. The lowest BCUT2D eigenvalue weighted by atomic mass is 9.75. The highest BCUT2D eigenvalue weighted by atomic mass is 16.3. The molecule has 0 aliphatic carbocycles. The van der Waals surface area contributed by atoms with E-state index < -0.39 is 5.60 Å². The monoisotopic (exact) mass is 268 g/mol. The first-order chi connectivity index (χ1) is 9.69. The number of hydrogen-bond acceptors (Lipinski definition) is 1. The molecule has 1 heteroatoms. The van der Waals surface area contributed by atoms with Crippen LogP contribution < -0.4 is 0 Å². The van der Waals surface area contributed by atoms with Crippen molar-refractivity contribution < 1.29 is 5.11 Å². The van der Waals surface area contributed by atoms with Gasteiger partial charge in [-0.3, -0.25) is 0 Å². The second kappa shape index (κ2) is 6.71. The Balaban J connectivity index is 2.34. The summed E-state index contributed by atoms with van der Waals surface area (Å²) in [5.74, 6) is 0.140. The number of aliphatic hydroxyl groups is 1. The van der Waals surface area contributed by atoms with E-state index in [1.54, 1.807) is 0 Å². The van der Waals surface area contributed by atoms with Crippen molar-refractivity contribution >= 4 is 0 Å². The second-order valence-corrected chi connectivity index (χ2v) is 5.46. The molecule has 1 N–H and O–H groups in total. The maximum atomic E-state index is 11.0. The first-order valence-corrected chi connectivity index (χ1v) is 7.51. The van der Waals surface area contributed by atoms with E-state index in [1.807, 2.05) is 12.1 Å². The van der Waals surface area contributed by atoms with E-state index >= 15 is 0 Å². The maximum absolute atomic E-state index is 11.0. The van der Waals surface area contributed by atoms with Crippen LogP contribution in [0.25, 0.3) is 0 Å². The average Bonchev–Trinajstić information content (AvgIpc) is 2.54. The molecule has 1 nitrogen and oxygen atoms in total. The minimum atomic E-state index is -0.642. The predicted octanol–water partition coefficient (Wildman–Crippen LogP) is 4.56. The van der Waals surface area contributed by atoms with Crippen molar-refractivity contribution in [3.63, 3.8) is 0 Å². The fourth-order valence-corrected chi connectivity index (χ4v) is 2.90. The van der Waals surface area contributed by atoms with Crippen molar-refractivity contribution in [2.24, 2.45) is 0 Å². The van der Waals surface area contributed by atoms with Gasteiger partial charge in [0.05, 0.1) is 5.60 Å². The Morgan fingerprint density at radius 3 is 1.85 bits per heavy atom. The molecule has 20 heavy (non-hydrogen) atoms. The normalized spacial score (nSPS) is 13.2. The summed E-state index contributed by atoms with van der Waals surface area (Å²) in [5, 5.41) is 11.0. The van der Waals surface area contributed by atoms with Gasteiger partial charge in [-0.2, -0.15) is 0 Å². The van der Waals surface area contributed by atoms with Crippen LogP contribution in [0.4, 0.5) is 0 Å². The minimum Gasteiger partial charge on any atom is -0.389 e. The lowest BCUT2D eigenvalue weighted by molar-refractivity contribution is 0.00389. The molecule has 2 aromatic rings. The van der Waals surface area contributed by atoms with Crippen LogP contribution in [0, 0.1) is 0 Å². The van der Waals surface area contributed by atoms with E-state index in [-0.39, 0.29) is 5.92 Å². The number of benzene rings is 2. The van der Waals surface area contributed by atoms with Crippen LogP contribution in [0.2, 0.25) is 0 Å². The molecule has 0 aliphatic heterocycles. The molecule has 0 aliphatic rings. The molecule has 0 spiro atoms. The zero-order chi connectivity index (χ0) is 14.4. The molecule has 1 unspecified atom stereocenters. The van der Waals surface area contributed by atoms with Crippen LogP contribution in [0.5, 0.6) is 0 Å². The molecule has 0 radical (unpaired) electrons. The smallest absolute Gasteiger partial charge is 0.0714 e. The van der Waals surface area contributed by atoms with Crippen LogP contribution in [-0.4, -0.2) is 10.7 Å². The number of hydrogen-bond donors (Lipinski definition) is 1. The van der Waals surface area contributed by atoms with Gasteiger partial charge in [0.25, 0.3) is 0 Å². The minimum absolute atomic E-state index is 0.140. The van der Waals surface area contributed by atoms with Gasteiger partial charge in [0.2, 0.25) is 0 Å². The van der Waals surface area contributed by atoms with E-state index in [2.05, 4.69) is 62.4 Å². The number of rotatable bonds is 6. The van der Waals surface area contributed by atoms with Gasteiger partial charge in [-0.05, 0) is 30.4 Å². The molecule has 0 saturated carbocycles. The molecule has 0 amide bonds. The highest BCUT2D eigenvalue weighted by Gasteiger charge is 2.34. The summed E-state index contributed by atoms with van der Waals surface area (Å²) in [5.41, 5.74) is 1.86. The highest BCUT2D eigenvalue weighted by molar-refractivity contribution is 5.27. The molecule has 106 valence electrons. The molecule has 0 heterocycles. The molecule has 0 fully saturated rings. The first kappa shape index (κ1) is 14.8. The van der Waals surface area contributed by atoms with Crippen LogP contribution in [0.3, 0.4) is 0 Å². The van der Waals surface area contributed by atoms with Gasteiger partial charge in [-0.25, -0.2) is 0 Å². The Morgan fingerprint density at radius 1 is 0.850 bits per heavy atom. The van der Waals surface area contributed by atoms with Gasteiger partial charge in [0, 0.05) is 5.92 Å². The Morgan fingerprint density at radius 2 is 1.35 bits per heavy atom. The van der Waals surface area contributed by atoms with E-state index in [0.717, 1.165) is 19.3 Å².